The van der Waals surface area contributed by atoms with Crippen LogP contribution >= 0.6 is 22.9 Å². The lowest BCUT2D eigenvalue weighted by molar-refractivity contribution is 0.170. The molecule has 0 aliphatic heterocycles. The summed E-state index contributed by atoms with van der Waals surface area (Å²) in [6, 6.07) is 0.776. The number of thiazole rings is 1. The highest BCUT2D eigenvalue weighted by Crippen LogP contribution is 2.27. The molecule has 2 nitrogen and oxygen atoms in total. The van der Waals surface area contributed by atoms with Crippen LogP contribution in [0.1, 0.15) is 44.4 Å². The first-order valence-corrected chi connectivity index (χ1v) is 7.69. The Kier molecular flexibility index (Phi) is 4.83. The van der Waals surface area contributed by atoms with E-state index < -0.39 is 0 Å². The largest absolute Gasteiger partial charge is 0.295 e. The first kappa shape index (κ1) is 13.3. The molecule has 1 aliphatic carbocycles. The molecular weight excluding hydrogens is 252 g/mol. The van der Waals surface area contributed by atoms with Gasteiger partial charge in [-0.3, -0.25) is 4.90 Å². The van der Waals surface area contributed by atoms with Gasteiger partial charge < -0.3 is 0 Å². The highest BCUT2D eigenvalue weighted by Gasteiger charge is 2.23. The van der Waals surface area contributed by atoms with Crippen molar-refractivity contribution in [3.63, 3.8) is 0 Å². The Balaban J connectivity index is 1.99. The SMILES string of the molecule is CC(C)CN(Cc1cnc(Cl)s1)C1CCCC1. The van der Waals surface area contributed by atoms with E-state index in [0.717, 1.165) is 18.5 Å². The van der Waals surface area contributed by atoms with E-state index in [4.69, 9.17) is 11.6 Å². The van der Waals surface area contributed by atoms with Crippen LogP contribution in [0, 0.1) is 5.92 Å². The minimum absolute atomic E-state index is 0.663. The molecule has 0 spiro atoms. The van der Waals surface area contributed by atoms with Gasteiger partial charge in [-0.15, -0.1) is 11.3 Å². The predicted molar refractivity (Wildman–Crippen MR) is 74.6 cm³/mol. The summed E-state index contributed by atoms with van der Waals surface area (Å²) in [5.74, 6) is 0.721. The summed E-state index contributed by atoms with van der Waals surface area (Å²) in [6.45, 7) is 6.79. The van der Waals surface area contributed by atoms with E-state index in [2.05, 4.69) is 23.7 Å². The number of aromatic nitrogens is 1. The van der Waals surface area contributed by atoms with Crippen molar-refractivity contribution in [2.24, 2.45) is 5.92 Å². The van der Waals surface area contributed by atoms with Crippen LogP contribution in [0.5, 0.6) is 0 Å². The summed E-state index contributed by atoms with van der Waals surface area (Å²) in [5.41, 5.74) is 0. The topological polar surface area (TPSA) is 16.1 Å². The zero-order valence-electron chi connectivity index (χ0n) is 10.7. The van der Waals surface area contributed by atoms with E-state index in [1.165, 1.54) is 37.1 Å². The summed E-state index contributed by atoms with van der Waals surface area (Å²) in [4.78, 5) is 8.05. The van der Waals surface area contributed by atoms with Gasteiger partial charge in [0.15, 0.2) is 4.47 Å². The molecule has 4 heteroatoms. The standard InChI is InChI=1S/C13H21ClN2S/c1-10(2)8-16(11-5-3-4-6-11)9-12-7-15-13(14)17-12/h7,10-11H,3-6,8-9H2,1-2H3. The van der Waals surface area contributed by atoms with Gasteiger partial charge >= 0.3 is 0 Å². The minimum Gasteiger partial charge on any atom is -0.295 e. The lowest BCUT2D eigenvalue weighted by Crippen LogP contribution is -2.35. The van der Waals surface area contributed by atoms with Crippen LogP contribution in [0.4, 0.5) is 0 Å². The van der Waals surface area contributed by atoms with Crippen molar-refractivity contribution >= 4 is 22.9 Å². The Hall–Kier alpha value is -0.120. The van der Waals surface area contributed by atoms with Crippen LogP contribution in [0.15, 0.2) is 6.20 Å². The highest BCUT2D eigenvalue weighted by atomic mass is 35.5. The van der Waals surface area contributed by atoms with E-state index in [-0.39, 0.29) is 0 Å². The van der Waals surface area contributed by atoms with Gasteiger partial charge in [-0.1, -0.05) is 38.3 Å². The molecule has 1 fully saturated rings. The molecule has 1 aliphatic rings. The fourth-order valence-corrected chi connectivity index (χ4v) is 3.64. The summed E-state index contributed by atoms with van der Waals surface area (Å²) in [7, 11) is 0. The molecule has 96 valence electrons. The quantitative estimate of drug-likeness (QED) is 0.799. The van der Waals surface area contributed by atoms with Crippen LogP contribution < -0.4 is 0 Å². The second-order valence-electron chi connectivity index (χ2n) is 5.34. The molecule has 1 aromatic rings. The second-order valence-corrected chi connectivity index (χ2v) is 7.04. The van der Waals surface area contributed by atoms with Gasteiger partial charge in [0, 0.05) is 30.2 Å². The van der Waals surface area contributed by atoms with Crippen molar-refractivity contribution in [3.05, 3.63) is 15.5 Å². The highest BCUT2D eigenvalue weighted by molar-refractivity contribution is 7.15. The number of hydrogen-bond acceptors (Lipinski definition) is 3. The molecule has 1 heterocycles. The third kappa shape index (κ3) is 3.94. The normalized spacial score (nSPS) is 17.5. The Morgan fingerprint density at radius 2 is 2.18 bits per heavy atom. The summed E-state index contributed by atoms with van der Waals surface area (Å²) in [6.07, 6.45) is 7.43. The van der Waals surface area contributed by atoms with Gasteiger partial charge in [-0.05, 0) is 18.8 Å². The molecule has 0 N–H and O–H groups in total. The average Bonchev–Trinajstić information content (AvgIpc) is 2.87. The van der Waals surface area contributed by atoms with E-state index in [9.17, 15) is 0 Å². The van der Waals surface area contributed by atoms with E-state index in [0.29, 0.717) is 4.47 Å². The first-order chi connectivity index (χ1) is 8.15. The van der Waals surface area contributed by atoms with Gasteiger partial charge in [0.2, 0.25) is 0 Å². The molecule has 0 atom stereocenters. The van der Waals surface area contributed by atoms with Crippen LogP contribution in [0.25, 0.3) is 0 Å². The summed E-state index contributed by atoms with van der Waals surface area (Å²) in [5, 5.41) is 0. The molecular formula is C13H21ClN2S. The molecule has 0 amide bonds. The molecule has 0 saturated heterocycles. The van der Waals surface area contributed by atoms with Crippen LogP contribution in [0.3, 0.4) is 0 Å². The minimum atomic E-state index is 0.663. The van der Waals surface area contributed by atoms with Crippen LogP contribution in [-0.2, 0) is 6.54 Å². The zero-order valence-corrected chi connectivity index (χ0v) is 12.2. The summed E-state index contributed by atoms with van der Waals surface area (Å²) >= 11 is 7.51. The van der Waals surface area contributed by atoms with Gasteiger partial charge in [-0.2, -0.15) is 0 Å². The van der Waals surface area contributed by atoms with Crippen molar-refractivity contribution in [1.29, 1.82) is 0 Å². The lowest BCUT2D eigenvalue weighted by atomic mass is 10.1. The number of hydrogen-bond donors (Lipinski definition) is 0. The van der Waals surface area contributed by atoms with Crippen LogP contribution in [0.2, 0.25) is 4.47 Å². The van der Waals surface area contributed by atoms with Crippen molar-refractivity contribution in [3.8, 4) is 0 Å². The fourth-order valence-electron chi connectivity index (χ4n) is 2.64. The molecule has 2 rings (SSSR count). The van der Waals surface area contributed by atoms with Crippen molar-refractivity contribution in [2.45, 2.75) is 52.1 Å². The smallest absolute Gasteiger partial charge is 0.183 e. The third-order valence-corrected chi connectivity index (χ3v) is 4.42. The number of halogens is 1. The van der Waals surface area contributed by atoms with Crippen molar-refractivity contribution in [1.82, 2.24) is 9.88 Å². The van der Waals surface area contributed by atoms with E-state index >= 15 is 0 Å². The first-order valence-electron chi connectivity index (χ1n) is 6.49. The molecule has 1 saturated carbocycles. The monoisotopic (exact) mass is 272 g/mol. The Labute approximate surface area is 113 Å². The molecule has 0 bridgehead atoms. The maximum Gasteiger partial charge on any atom is 0.183 e. The maximum absolute atomic E-state index is 5.90. The number of rotatable bonds is 5. The van der Waals surface area contributed by atoms with Gasteiger partial charge in [0.05, 0.1) is 0 Å². The van der Waals surface area contributed by atoms with E-state index in [1.54, 1.807) is 11.3 Å². The predicted octanol–water partition coefficient (Wildman–Crippen LogP) is 4.20. The summed E-state index contributed by atoms with van der Waals surface area (Å²) < 4.78 is 0.663. The van der Waals surface area contributed by atoms with Gasteiger partial charge in [0.25, 0.3) is 0 Å². The van der Waals surface area contributed by atoms with Gasteiger partial charge in [-0.25, -0.2) is 4.98 Å². The molecule has 0 radical (unpaired) electrons. The van der Waals surface area contributed by atoms with Crippen molar-refractivity contribution in [2.75, 3.05) is 6.54 Å². The Morgan fingerprint density at radius 1 is 1.47 bits per heavy atom. The zero-order chi connectivity index (χ0) is 12.3. The third-order valence-electron chi connectivity index (χ3n) is 3.33. The number of nitrogens with zero attached hydrogens (tertiary/aromatic N) is 2. The fraction of sp³-hybridized carbons (Fsp3) is 0.769. The molecule has 0 aromatic carbocycles. The van der Waals surface area contributed by atoms with E-state index in [1.807, 2.05) is 6.20 Å². The second kappa shape index (κ2) is 6.17. The maximum atomic E-state index is 5.90. The van der Waals surface area contributed by atoms with Gasteiger partial charge in [0.1, 0.15) is 0 Å². The lowest BCUT2D eigenvalue weighted by Gasteiger charge is -2.29. The Morgan fingerprint density at radius 3 is 2.71 bits per heavy atom. The van der Waals surface area contributed by atoms with Crippen molar-refractivity contribution < 1.29 is 0 Å². The Bertz CT molecular complexity index is 345. The molecule has 17 heavy (non-hydrogen) atoms. The van der Waals surface area contributed by atoms with Crippen LogP contribution in [-0.4, -0.2) is 22.5 Å². The average molecular weight is 273 g/mol. The molecule has 1 aromatic heterocycles. The molecule has 0 unspecified atom stereocenters.